The molecule has 6 aromatic carbocycles. The molecule has 8 rings (SSSR count). The summed E-state index contributed by atoms with van der Waals surface area (Å²) in [7, 11) is 11.2. The van der Waals surface area contributed by atoms with Gasteiger partial charge in [0.2, 0.25) is 0 Å². The third kappa shape index (κ3) is 4.28. The molecule has 0 bridgehead atoms. The summed E-state index contributed by atoms with van der Waals surface area (Å²) in [6, 6.07) is 41.1. The summed E-state index contributed by atoms with van der Waals surface area (Å²) in [5.41, 5.74) is 15.5. The summed E-state index contributed by atoms with van der Waals surface area (Å²) < 4.78 is 2.43. The summed E-state index contributed by atoms with van der Waals surface area (Å²) in [4.78, 5) is 10.0. The van der Waals surface area contributed by atoms with E-state index in [1.54, 1.807) is 0 Å². The number of benzene rings is 6. The van der Waals surface area contributed by atoms with Crippen molar-refractivity contribution in [2.75, 3.05) is 0 Å². The van der Waals surface area contributed by atoms with E-state index in [2.05, 4.69) is 152 Å². The van der Waals surface area contributed by atoms with Crippen molar-refractivity contribution in [2.45, 2.75) is 0 Å². The molecule has 0 aliphatic carbocycles. The molecular weight excluding hydrogens is 552 g/mol. The molecule has 0 aliphatic heterocycles. The van der Waals surface area contributed by atoms with Gasteiger partial charge in [-0.2, -0.15) is 0 Å². The van der Waals surface area contributed by atoms with Crippen LogP contribution in [0.3, 0.4) is 0 Å². The molecule has 0 unspecified atom stereocenters. The Hall–Kier alpha value is -5.22. The summed E-state index contributed by atoms with van der Waals surface area (Å²) >= 11 is 0. The van der Waals surface area contributed by atoms with E-state index in [1.807, 2.05) is 18.3 Å². The van der Waals surface area contributed by atoms with Crippen LogP contribution < -0.4 is 27.3 Å². The van der Waals surface area contributed by atoms with Gasteiger partial charge in [0.05, 0.1) is 22.4 Å². The summed E-state index contributed by atoms with van der Waals surface area (Å²) in [5.74, 6) is 0.989. The second-order valence-electron chi connectivity index (χ2n) is 12.4. The van der Waals surface area contributed by atoms with E-state index in [-0.39, 0.29) is 0 Å². The first-order chi connectivity index (χ1) is 22.4. The number of rotatable bonds is 4. The number of aromatic nitrogens is 3. The number of hydrogen-bond acceptors (Lipinski definition) is 2. The second-order valence-corrected chi connectivity index (χ2v) is 12.4. The van der Waals surface area contributed by atoms with E-state index in [4.69, 9.17) is 4.98 Å². The van der Waals surface area contributed by atoms with E-state index in [0.29, 0.717) is 0 Å². The van der Waals surface area contributed by atoms with Gasteiger partial charge in [-0.25, -0.2) is 4.98 Å². The number of imidazole rings is 1. The van der Waals surface area contributed by atoms with Crippen LogP contribution in [0.5, 0.6) is 0 Å². The third-order valence-electron chi connectivity index (χ3n) is 10.0. The molecule has 0 spiro atoms. The fourth-order valence-electron chi connectivity index (χ4n) is 7.28. The van der Waals surface area contributed by atoms with Gasteiger partial charge in [-0.15, -0.1) is 16.4 Å². The summed E-state index contributed by atoms with van der Waals surface area (Å²) in [6.45, 7) is 0. The van der Waals surface area contributed by atoms with Gasteiger partial charge in [0, 0.05) is 28.1 Å². The van der Waals surface area contributed by atoms with Crippen LogP contribution in [0.4, 0.5) is 0 Å². The Morgan fingerprint density at radius 1 is 0.478 bits per heavy atom. The maximum Gasteiger partial charge on any atom is 0.144 e. The molecule has 2 heterocycles. The fraction of sp³-hybridized carbons (Fsp3) is 0. The van der Waals surface area contributed by atoms with Crippen molar-refractivity contribution >= 4 is 99.1 Å². The number of pyridine rings is 1. The lowest BCUT2D eigenvalue weighted by molar-refractivity contribution is 1.13. The van der Waals surface area contributed by atoms with Crippen LogP contribution >= 0.6 is 0 Å². The smallest absolute Gasteiger partial charge is 0.144 e. The molecule has 0 radical (unpaired) electrons. The maximum atomic E-state index is 5.39. The zero-order valence-electron chi connectivity index (χ0n) is 26.9. The highest BCUT2D eigenvalue weighted by atomic mass is 15.1. The van der Waals surface area contributed by atoms with Gasteiger partial charge in [-0.3, -0.25) is 9.55 Å². The maximum absolute atomic E-state index is 5.39. The standard InChI is InChI=1S/C38H30B5N3/c39-32-31(33(40)35(42)36(43)34(32)41)38-45-28-17-5-6-18-29(28)46(38)37-25-14-3-1-12-23(25)30(24-13-2-4-15-26(24)37)22-11-9-10-21(20-22)27-16-7-8-19-44-27/h1-20H,39-43H2. The minimum absolute atomic E-state index is 0.971. The van der Waals surface area contributed by atoms with Crippen LogP contribution in [0.1, 0.15) is 0 Å². The molecule has 3 nitrogen and oxygen atoms in total. The van der Waals surface area contributed by atoms with Crippen LogP contribution in [-0.2, 0) is 0 Å². The molecule has 0 saturated heterocycles. The third-order valence-corrected chi connectivity index (χ3v) is 10.0. The average Bonchev–Trinajstić information content (AvgIpc) is 3.47. The number of hydrogen-bond donors (Lipinski definition) is 0. The molecule has 46 heavy (non-hydrogen) atoms. The fourth-order valence-corrected chi connectivity index (χ4v) is 7.28. The quantitative estimate of drug-likeness (QED) is 0.229. The first-order valence-electron chi connectivity index (χ1n) is 15.9. The average molecular weight is 583 g/mol. The lowest BCUT2D eigenvalue weighted by Crippen LogP contribution is -2.55. The molecule has 2 aromatic heterocycles. The van der Waals surface area contributed by atoms with Crippen molar-refractivity contribution in [3.63, 3.8) is 0 Å². The van der Waals surface area contributed by atoms with Crippen LogP contribution in [-0.4, -0.2) is 53.8 Å². The van der Waals surface area contributed by atoms with Gasteiger partial charge >= 0.3 is 0 Å². The minimum Gasteiger partial charge on any atom is -0.291 e. The lowest BCUT2D eigenvalue weighted by atomic mass is 9.60. The molecular formula is C38H30B5N3. The minimum atomic E-state index is 0.971. The Labute approximate surface area is 273 Å². The van der Waals surface area contributed by atoms with E-state index in [9.17, 15) is 0 Å². The molecule has 0 saturated carbocycles. The van der Waals surface area contributed by atoms with Gasteiger partial charge in [0.1, 0.15) is 45.1 Å². The first kappa shape index (κ1) is 28.3. The van der Waals surface area contributed by atoms with E-state index >= 15 is 0 Å². The molecule has 0 N–H and O–H groups in total. The molecule has 0 fully saturated rings. The molecule has 0 atom stereocenters. The van der Waals surface area contributed by atoms with Gasteiger partial charge in [-0.1, -0.05) is 95.9 Å². The predicted octanol–water partition coefficient (Wildman–Crippen LogP) is 1.02. The Morgan fingerprint density at radius 3 is 1.70 bits per heavy atom. The van der Waals surface area contributed by atoms with Crippen LogP contribution in [0.2, 0.25) is 0 Å². The zero-order valence-corrected chi connectivity index (χ0v) is 26.9. The van der Waals surface area contributed by atoms with Gasteiger partial charge in [0.15, 0.2) is 0 Å². The van der Waals surface area contributed by atoms with Crippen molar-refractivity contribution < 1.29 is 0 Å². The van der Waals surface area contributed by atoms with Crippen molar-refractivity contribution in [1.82, 2.24) is 14.5 Å². The van der Waals surface area contributed by atoms with Crippen LogP contribution in [0.15, 0.2) is 121 Å². The van der Waals surface area contributed by atoms with Crippen LogP contribution in [0.25, 0.3) is 72.0 Å². The molecule has 212 valence electrons. The Kier molecular flexibility index (Phi) is 6.76. The Bertz CT molecular complexity index is 2400. The second kappa shape index (κ2) is 11.0. The number of fused-ring (bicyclic) bond motifs is 3. The van der Waals surface area contributed by atoms with E-state index < -0.39 is 0 Å². The van der Waals surface area contributed by atoms with Crippen molar-refractivity contribution in [1.29, 1.82) is 0 Å². The SMILES string of the molecule is Bc1c(B)c(B)c(-c2nc3ccccc3n2-c2c3ccccc3c(-c3cccc(-c4ccccn4)c3)c3ccccc23)c(B)c1B. The van der Waals surface area contributed by atoms with Gasteiger partial charge < -0.3 is 0 Å². The van der Waals surface area contributed by atoms with Gasteiger partial charge in [0.25, 0.3) is 0 Å². The highest BCUT2D eigenvalue weighted by molar-refractivity contribution is 6.68. The summed E-state index contributed by atoms with van der Waals surface area (Å²) in [5, 5.41) is 4.81. The lowest BCUT2D eigenvalue weighted by Gasteiger charge is -2.23. The molecule has 0 amide bonds. The van der Waals surface area contributed by atoms with Crippen molar-refractivity contribution in [3.05, 3.63) is 121 Å². The van der Waals surface area contributed by atoms with E-state index in [0.717, 1.165) is 33.8 Å². The highest BCUT2D eigenvalue weighted by Gasteiger charge is 2.24. The molecule has 8 heteroatoms. The monoisotopic (exact) mass is 583 g/mol. The summed E-state index contributed by atoms with van der Waals surface area (Å²) in [6.07, 6.45) is 1.86. The Balaban J connectivity index is 1.51. The largest absolute Gasteiger partial charge is 0.291 e. The number of nitrogens with zero attached hydrogens (tertiary/aromatic N) is 3. The van der Waals surface area contributed by atoms with Crippen molar-refractivity contribution in [2.24, 2.45) is 0 Å². The first-order valence-corrected chi connectivity index (χ1v) is 15.9. The topological polar surface area (TPSA) is 30.7 Å². The predicted molar refractivity (Wildman–Crippen MR) is 211 cm³/mol. The molecule has 0 aliphatic rings. The van der Waals surface area contributed by atoms with Crippen LogP contribution in [0, 0.1) is 0 Å². The zero-order chi connectivity index (χ0) is 31.5. The normalized spacial score (nSPS) is 11.5. The highest BCUT2D eigenvalue weighted by Crippen LogP contribution is 2.43. The Morgan fingerprint density at radius 2 is 1.04 bits per heavy atom. The van der Waals surface area contributed by atoms with Crippen molar-refractivity contribution in [3.8, 4) is 39.5 Å². The molecule has 8 aromatic rings. The van der Waals surface area contributed by atoms with Gasteiger partial charge in [-0.05, 0) is 52.2 Å². The number of para-hydroxylation sites is 2. The van der Waals surface area contributed by atoms with E-state index in [1.165, 1.54) is 65.5 Å².